The molecule has 202 valence electrons. The number of aliphatic hydroxyl groups excluding tert-OH is 1. The molecule has 11 nitrogen and oxygen atoms in total. The number of aliphatic hydroxyl groups is 1. The van der Waals surface area contributed by atoms with E-state index in [9.17, 15) is 29.4 Å². The molecule has 0 saturated carbocycles. The number of carboxylic acid groups (broad SMARTS) is 1. The van der Waals surface area contributed by atoms with Crippen LogP contribution < -0.4 is 21.7 Å². The second-order valence-electron chi connectivity index (χ2n) is 8.75. The molecule has 0 bridgehead atoms. The number of hydrogen-bond donors (Lipinski definition) is 8. The number of fused-ring (bicyclic) bond motifs is 1. The fourth-order valence-corrected chi connectivity index (χ4v) is 4.14. The van der Waals surface area contributed by atoms with Gasteiger partial charge in [0.15, 0.2) is 0 Å². The van der Waals surface area contributed by atoms with E-state index in [0.717, 1.165) is 16.5 Å². The van der Waals surface area contributed by atoms with Gasteiger partial charge in [0, 0.05) is 29.3 Å². The Morgan fingerprint density at radius 2 is 1.45 bits per heavy atom. The quantitative estimate of drug-likeness (QED) is 0.137. The van der Waals surface area contributed by atoms with Crippen LogP contribution in [-0.2, 0) is 32.0 Å². The van der Waals surface area contributed by atoms with Gasteiger partial charge in [0.2, 0.25) is 17.7 Å². The largest absolute Gasteiger partial charge is 0.480 e. The number of benzene rings is 2. The van der Waals surface area contributed by atoms with E-state index in [0.29, 0.717) is 5.56 Å². The van der Waals surface area contributed by atoms with E-state index in [1.165, 1.54) is 0 Å². The predicted molar refractivity (Wildman–Crippen MR) is 144 cm³/mol. The highest BCUT2D eigenvalue weighted by Gasteiger charge is 2.30. The number of hydrogen-bond acceptors (Lipinski definition) is 7. The molecule has 12 heteroatoms. The van der Waals surface area contributed by atoms with E-state index in [4.69, 9.17) is 5.73 Å². The molecule has 0 aliphatic carbocycles. The fourth-order valence-electron chi connectivity index (χ4n) is 3.89. The standard InChI is InChI=1S/C26H31N5O6S/c27-18(11-16-12-28-19-9-5-4-8-17(16)19)23(33)30-21(13-32)25(35)29-20(10-15-6-2-1-3-7-15)24(34)31-22(14-38)26(36)37/h1-9,12,18,20-22,28,32,38H,10-11,13-14,27H2,(H,29,35)(H,30,33)(H,31,34)(H,36,37). The molecule has 38 heavy (non-hydrogen) atoms. The van der Waals surface area contributed by atoms with E-state index >= 15 is 0 Å². The zero-order valence-electron chi connectivity index (χ0n) is 20.5. The number of aliphatic carboxylic acids is 1. The van der Waals surface area contributed by atoms with Crippen molar-refractivity contribution in [1.82, 2.24) is 20.9 Å². The maximum absolute atomic E-state index is 13.0. The number of amides is 3. The lowest BCUT2D eigenvalue weighted by Gasteiger charge is -2.24. The molecule has 2 aromatic carbocycles. The van der Waals surface area contributed by atoms with Gasteiger partial charge in [-0.3, -0.25) is 14.4 Å². The molecule has 0 spiro atoms. The molecule has 0 aliphatic heterocycles. The Labute approximate surface area is 224 Å². The number of para-hydroxylation sites is 1. The van der Waals surface area contributed by atoms with Gasteiger partial charge in [-0.15, -0.1) is 0 Å². The first-order chi connectivity index (χ1) is 18.2. The van der Waals surface area contributed by atoms with Gasteiger partial charge in [-0.25, -0.2) is 4.79 Å². The van der Waals surface area contributed by atoms with Crippen LogP contribution in [0, 0.1) is 0 Å². The average Bonchev–Trinajstić information content (AvgIpc) is 3.32. The van der Waals surface area contributed by atoms with Crippen LogP contribution in [0.2, 0.25) is 0 Å². The number of nitrogens with two attached hydrogens (primary N) is 1. The summed E-state index contributed by atoms with van der Waals surface area (Å²) in [6, 6.07) is 11.5. The van der Waals surface area contributed by atoms with Crippen LogP contribution in [0.5, 0.6) is 0 Å². The third-order valence-corrected chi connectivity index (χ3v) is 6.35. The van der Waals surface area contributed by atoms with Crippen LogP contribution in [0.3, 0.4) is 0 Å². The van der Waals surface area contributed by atoms with Gasteiger partial charge in [-0.1, -0.05) is 48.5 Å². The summed E-state index contributed by atoms with van der Waals surface area (Å²) in [5.74, 6) is -3.66. The molecule has 4 atom stereocenters. The van der Waals surface area contributed by atoms with Crippen molar-refractivity contribution < 1.29 is 29.4 Å². The van der Waals surface area contributed by atoms with Crippen LogP contribution in [-0.4, -0.2) is 75.4 Å². The van der Waals surface area contributed by atoms with Crippen molar-refractivity contribution in [2.45, 2.75) is 37.0 Å². The Kier molecular flexibility index (Phi) is 10.3. The molecule has 1 heterocycles. The monoisotopic (exact) mass is 541 g/mol. The number of H-pyrrole nitrogens is 1. The number of aromatic nitrogens is 1. The highest BCUT2D eigenvalue weighted by atomic mass is 32.1. The van der Waals surface area contributed by atoms with Crippen LogP contribution in [0.25, 0.3) is 10.9 Å². The zero-order valence-corrected chi connectivity index (χ0v) is 21.4. The number of rotatable bonds is 13. The Bertz CT molecular complexity index is 1270. The van der Waals surface area contributed by atoms with E-state index < -0.39 is 54.5 Å². The van der Waals surface area contributed by atoms with E-state index in [2.05, 4.69) is 33.6 Å². The first kappa shape index (κ1) is 28.7. The van der Waals surface area contributed by atoms with Crippen LogP contribution in [0.4, 0.5) is 0 Å². The maximum atomic E-state index is 13.0. The van der Waals surface area contributed by atoms with Gasteiger partial charge in [-0.2, -0.15) is 12.6 Å². The first-order valence-electron chi connectivity index (χ1n) is 11.9. The van der Waals surface area contributed by atoms with Crippen molar-refractivity contribution in [2.75, 3.05) is 12.4 Å². The number of nitrogens with one attached hydrogen (secondary N) is 4. The molecule has 0 fully saturated rings. The Morgan fingerprint density at radius 1 is 0.842 bits per heavy atom. The maximum Gasteiger partial charge on any atom is 0.327 e. The molecule has 3 rings (SSSR count). The molecule has 3 aromatic rings. The molecular formula is C26H31N5O6S. The van der Waals surface area contributed by atoms with E-state index in [1.807, 2.05) is 24.3 Å². The summed E-state index contributed by atoms with van der Waals surface area (Å²) >= 11 is 3.95. The lowest BCUT2D eigenvalue weighted by atomic mass is 10.0. The van der Waals surface area contributed by atoms with Crippen molar-refractivity contribution in [1.29, 1.82) is 0 Å². The fraction of sp³-hybridized carbons (Fsp3) is 0.308. The molecular weight excluding hydrogens is 510 g/mol. The Balaban J connectivity index is 1.67. The van der Waals surface area contributed by atoms with Crippen LogP contribution >= 0.6 is 12.6 Å². The number of carbonyl (C=O) groups is 4. The summed E-state index contributed by atoms with van der Waals surface area (Å²) in [5, 5.41) is 27.3. The lowest BCUT2D eigenvalue weighted by molar-refractivity contribution is -0.141. The van der Waals surface area contributed by atoms with Crippen molar-refractivity contribution in [3.8, 4) is 0 Å². The summed E-state index contributed by atoms with van der Waals surface area (Å²) in [4.78, 5) is 53.1. The second-order valence-corrected chi connectivity index (χ2v) is 9.11. The molecule has 0 aliphatic rings. The molecule has 0 radical (unpaired) electrons. The van der Waals surface area contributed by atoms with E-state index in [-0.39, 0.29) is 18.6 Å². The SMILES string of the molecule is NC(Cc1c[nH]c2ccccc12)C(=O)NC(CO)C(=O)NC(Cc1ccccc1)C(=O)NC(CS)C(=O)O. The highest BCUT2D eigenvalue weighted by molar-refractivity contribution is 7.80. The molecule has 4 unspecified atom stereocenters. The minimum atomic E-state index is -1.39. The summed E-state index contributed by atoms with van der Waals surface area (Å²) in [5.41, 5.74) is 8.51. The summed E-state index contributed by atoms with van der Waals surface area (Å²) < 4.78 is 0. The van der Waals surface area contributed by atoms with Gasteiger partial charge < -0.3 is 36.9 Å². The summed E-state index contributed by atoms with van der Waals surface area (Å²) in [6.07, 6.45) is 1.99. The van der Waals surface area contributed by atoms with Crippen molar-refractivity contribution in [3.63, 3.8) is 0 Å². The molecule has 0 saturated heterocycles. The summed E-state index contributed by atoms with van der Waals surface area (Å²) in [6.45, 7) is -0.745. The molecule has 8 N–H and O–H groups in total. The third kappa shape index (κ3) is 7.57. The lowest BCUT2D eigenvalue weighted by Crippen LogP contribution is -2.58. The van der Waals surface area contributed by atoms with Crippen molar-refractivity contribution in [3.05, 3.63) is 71.9 Å². The second kappa shape index (κ2) is 13.6. The Morgan fingerprint density at radius 3 is 2.11 bits per heavy atom. The van der Waals surface area contributed by atoms with E-state index in [1.54, 1.807) is 36.5 Å². The van der Waals surface area contributed by atoms with Crippen LogP contribution in [0.1, 0.15) is 11.1 Å². The predicted octanol–water partition coefficient (Wildman–Crippen LogP) is -0.258. The van der Waals surface area contributed by atoms with Gasteiger partial charge >= 0.3 is 5.97 Å². The first-order valence-corrected chi connectivity index (χ1v) is 12.6. The van der Waals surface area contributed by atoms with Crippen molar-refractivity contribution >= 4 is 47.2 Å². The minimum absolute atomic E-state index is 0.0451. The number of carboxylic acids is 1. The third-order valence-electron chi connectivity index (χ3n) is 5.98. The highest BCUT2D eigenvalue weighted by Crippen LogP contribution is 2.18. The number of thiol groups is 1. The van der Waals surface area contributed by atoms with Gasteiger partial charge in [0.1, 0.15) is 18.1 Å². The summed E-state index contributed by atoms with van der Waals surface area (Å²) in [7, 11) is 0. The molecule has 3 amide bonds. The Hall–Kier alpha value is -3.87. The van der Waals surface area contributed by atoms with Gasteiger partial charge in [0.25, 0.3) is 0 Å². The molecule has 1 aromatic heterocycles. The minimum Gasteiger partial charge on any atom is -0.480 e. The van der Waals surface area contributed by atoms with Crippen LogP contribution in [0.15, 0.2) is 60.8 Å². The van der Waals surface area contributed by atoms with Gasteiger partial charge in [0.05, 0.1) is 12.6 Å². The smallest absolute Gasteiger partial charge is 0.327 e. The zero-order chi connectivity index (χ0) is 27.7. The van der Waals surface area contributed by atoms with Gasteiger partial charge in [-0.05, 0) is 23.6 Å². The average molecular weight is 542 g/mol. The number of aromatic amines is 1. The topological polar surface area (TPSA) is 187 Å². The number of carbonyl (C=O) groups excluding carboxylic acids is 3. The van der Waals surface area contributed by atoms with Crippen molar-refractivity contribution in [2.24, 2.45) is 5.73 Å². The normalized spacial score (nSPS) is 14.2.